The topological polar surface area (TPSA) is 44.3 Å². The van der Waals surface area contributed by atoms with Crippen LogP contribution < -0.4 is 19.5 Å². The molecule has 0 aromatic heterocycles. The van der Waals surface area contributed by atoms with E-state index < -0.39 is 0 Å². The standard InChI is InChI=1S/C22H25NO3/c1-24-20-11-9-17(18-6-4-5-7-19(18)20)15-23-13-12-16-8-10-21(25-2)22(14-16)26-3/h4-11,14,23H,12-13,15H2,1-3H3/p+1. The summed E-state index contributed by atoms with van der Waals surface area (Å²) in [6.07, 6.45) is 0.981. The number of rotatable bonds is 8. The van der Waals surface area contributed by atoms with Gasteiger partial charge in [0.1, 0.15) is 12.3 Å². The smallest absolute Gasteiger partial charge is 0.160 e. The Kier molecular flexibility index (Phi) is 5.97. The van der Waals surface area contributed by atoms with Crippen LogP contribution in [0, 0.1) is 0 Å². The molecule has 0 aliphatic heterocycles. The zero-order chi connectivity index (χ0) is 18.4. The van der Waals surface area contributed by atoms with Crippen LogP contribution in [-0.4, -0.2) is 27.9 Å². The Labute approximate surface area is 154 Å². The second kappa shape index (κ2) is 8.59. The largest absolute Gasteiger partial charge is 0.496 e. The Hall–Kier alpha value is -2.72. The highest BCUT2D eigenvalue weighted by Gasteiger charge is 2.08. The van der Waals surface area contributed by atoms with E-state index in [1.165, 1.54) is 21.9 Å². The third-order valence-corrected chi connectivity index (χ3v) is 4.64. The Balaban J connectivity index is 1.63. The number of fused-ring (bicyclic) bond motifs is 1. The molecule has 0 saturated heterocycles. The summed E-state index contributed by atoms with van der Waals surface area (Å²) in [6.45, 7) is 1.95. The van der Waals surface area contributed by atoms with Crippen molar-refractivity contribution in [3.8, 4) is 17.2 Å². The monoisotopic (exact) mass is 352 g/mol. The lowest BCUT2D eigenvalue weighted by Crippen LogP contribution is -2.83. The fourth-order valence-corrected chi connectivity index (χ4v) is 3.25. The van der Waals surface area contributed by atoms with Gasteiger partial charge >= 0.3 is 0 Å². The molecule has 26 heavy (non-hydrogen) atoms. The Morgan fingerprint density at radius 1 is 0.731 bits per heavy atom. The maximum atomic E-state index is 5.47. The average molecular weight is 352 g/mol. The van der Waals surface area contributed by atoms with Gasteiger partial charge in [-0.15, -0.1) is 0 Å². The molecule has 0 radical (unpaired) electrons. The molecule has 0 spiro atoms. The van der Waals surface area contributed by atoms with Crippen molar-refractivity contribution in [2.75, 3.05) is 27.9 Å². The van der Waals surface area contributed by atoms with E-state index in [2.05, 4.69) is 53.8 Å². The van der Waals surface area contributed by atoms with Gasteiger partial charge in [0.15, 0.2) is 11.5 Å². The molecule has 4 heteroatoms. The minimum Gasteiger partial charge on any atom is -0.496 e. The molecule has 0 bridgehead atoms. The number of ether oxygens (including phenoxy) is 3. The molecule has 4 nitrogen and oxygen atoms in total. The van der Waals surface area contributed by atoms with E-state index in [4.69, 9.17) is 14.2 Å². The molecule has 0 saturated carbocycles. The van der Waals surface area contributed by atoms with Crippen LogP contribution in [0.25, 0.3) is 10.8 Å². The normalized spacial score (nSPS) is 10.7. The maximum absolute atomic E-state index is 5.47. The van der Waals surface area contributed by atoms with Crippen molar-refractivity contribution in [3.05, 3.63) is 65.7 Å². The van der Waals surface area contributed by atoms with E-state index in [-0.39, 0.29) is 0 Å². The van der Waals surface area contributed by atoms with Gasteiger partial charge in [0, 0.05) is 17.4 Å². The molecular formula is C22H26NO3+. The second-order valence-electron chi connectivity index (χ2n) is 6.19. The molecule has 0 unspecified atom stereocenters. The lowest BCUT2D eigenvalue weighted by molar-refractivity contribution is -0.669. The van der Waals surface area contributed by atoms with E-state index in [1.54, 1.807) is 21.3 Å². The Bertz CT molecular complexity index is 876. The molecule has 2 N–H and O–H groups in total. The van der Waals surface area contributed by atoms with Crippen LogP contribution in [0.5, 0.6) is 17.2 Å². The maximum Gasteiger partial charge on any atom is 0.160 e. The zero-order valence-electron chi connectivity index (χ0n) is 15.6. The third-order valence-electron chi connectivity index (χ3n) is 4.64. The van der Waals surface area contributed by atoms with E-state index >= 15 is 0 Å². The van der Waals surface area contributed by atoms with Gasteiger partial charge in [-0.2, -0.15) is 0 Å². The summed E-state index contributed by atoms with van der Waals surface area (Å²) in [6, 6.07) is 18.7. The van der Waals surface area contributed by atoms with Gasteiger partial charge in [0.05, 0.1) is 27.9 Å². The molecule has 0 fully saturated rings. The summed E-state index contributed by atoms with van der Waals surface area (Å²) < 4.78 is 16.1. The van der Waals surface area contributed by atoms with Gasteiger partial charge in [-0.1, -0.05) is 30.3 Å². The van der Waals surface area contributed by atoms with Gasteiger partial charge in [0.2, 0.25) is 0 Å². The van der Waals surface area contributed by atoms with Crippen LogP contribution in [0.4, 0.5) is 0 Å². The number of hydrogen-bond donors (Lipinski definition) is 1. The first-order valence-electron chi connectivity index (χ1n) is 8.84. The summed E-state index contributed by atoms with van der Waals surface area (Å²) in [5, 5.41) is 4.76. The van der Waals surface area contributed by atoms with Gasteiger partial charge in [-0.3, -0.25) is 0 Å². The van der Waals surface area contributed by atoms with Crippen molar-refractivity contribution in [3.63, 3.8) is 0 Å². The lowest BCUT2D eigenvalue weighted by atomic mass is 10.0. The summed E-state index contributed by atoms with van der Waals surface area (Å²) in [4.78, 5) is 0. The number of hydrogen-bond acceptors (Lipinski definition) is 3. The van der Waals surface area contributed by atoms with Crippen molar-refractivity contribution in [2.45, 2.75) is 13.0 Å². The molecule has 0 atom stereocenters. The molecule has 0 amide bonds. The molecule has 3 aromatic carbocycles. The summed E-state index contributed by atoms with van der Waals surface area (Å²) in [7, 11) is 5.05. The molecular weight excluding hydrogens is 326 g/mol. The van der Waals surface area contributed by atoms with Gasteiger partial charge in [-0.05, 0) is 35.2 Å². The first-order chi connectivity index (χ1) is 12.8. The van der Waals surface area contributed by atoms with E-state index in [1.807, 2.05) is 6.07 Å². The zero-order valence-corrected chi connectivity index (χ0v) is 15.6. The highest BCUT2D eigenvalue weighted by molar-refractivity contribution is 5.90. The first-order valence-corrected chi connectivity index (χ1v) is 8.84. The predicted molar refractivity (Wildman–Crippen MR) is 104 cm³/mol. The number of methoxy groups -OCH3 is 3. The van der Waals surface area contributed by atoms with Crippen LogP contribution in [0.3, 0.4) is 0 Å². The fraction of sp³-hybridized carbons (Fsp3) is 0.273. The van der Waals surface area contributed by atoms with Gasteiger partial charge in [-0.25, -0.2) is 0 Å². The summed E-state index contributed by atoms with van der Waals surface area (Å²) in [5.41, 5.74) is 2.58. The number of benzene rings is 3. The number of quaternary nitrogens is 1. The Morgan fingerprint density at radius 2 is 1.42 bits per heavy atom. The Morgan fingerprint density at radius 3 is 2.15 bits per heavy atom. The van der Waals surface area contributed by atoms with Crippen LogP contribution in [-0.2, 0) is 13.0 Å². The molecule has 0 aliphatic carbocycles. The third kappa shape index (κ3) is 3.92. The minimum absolute atomic E-state index is 0.768. The van der Waals surface area contributed by atoms with Crippen molar-refractivity contribution < 1.29 is 19.5 Å². The highest BCUT2D eigenvalue weighted by Crippen LogP contribution is 2.28. The van der Waals surface area contributed by atoms with Crippen LogP contribution in [0.15, 0.2) is 54.6 Å². The van der Waals surface area contributed by atoms with Crippen LogP contribution in [0.1, 0.15) is 11.1 Å². The second-order valence-corrected chi connectivity index (χ2v) is 6.19. The molecule has 3 aromatic rings. The van der Waals surface area contributed by atoms with E-state index in [9.17, 15) is 0 Å². The fourth-order valence-electron chi connectivity index (χ4n) is 3.25. The predicted octanol–water partition coefficient (Wildman–Crippen LogP) is 3.17. The molecule has 0 aliphatic rings. The van der Waals surface area contributed by atoms with Crippen molar-refractivity contribution in [1.82, 2.24) is 0 Å². The van der Waals surface area contributed by atoms with Crippen molar-refractivity contribution in [2.24, 2.45) is 0 Å². The molecule has 3 rings (SSSR count). The number of nitrogens with two attached hydrogens (primary N) is 1. The summed E-state index contributed by atoms with van der Waals surface area (Å²) >= 11 is 0. The van der Waals surface area contributed by atoms with Crippen LogP contribution in [0.2, 0.25) is 0 Å². The summed E-state index contributed by atoms with van der Waals surface area (Å²) in [5.74, 6) is 2.48. The van der Waals surface area contributed by atoms with Gasteiger partial charge < -0.3 is 19.5 Å². The van der Waals surface area contributed by atoms with E-state index in [0.29, 0.717) is 0 Å². The highest BCUT2D eigenvalue weighted by atomic mass is 16.5. The van der Waals surface area contributed by atoms with Crippen LogP contribution >= 0.6 is 0 Å². The van der Waals surface area contributed by atoms with E-state index in [0.717, 1.165) is 36.8 Å². The first kappa shape index (κ1) is 18.1. The van der Waals surface area contributed by atoms with Gasteiger partial charge in [0.25, 0.3) is 0 Å². The van der Waals surface area contributed by atoms with Crippen molar-refractivity contribution in [1.29, 1.82) is 0 Å². The quantitative estimate of drug-likeness (QED) is 0.633. The SMILES string of the molecule is COc1ccc(CC[NH2+]Cc2ccc(OC)c3ccccc23)cc1OC. The average Bonchev–Trinajstić information content (AvgIpc) is 2.70. The molecule has 0 heterocycles. The van der Waals surface area contributed by atoms with Crippen molar-refractivity contribution >= 4 is 10.8 Å². The minimum atomic E-state index is 0.768. The molecule has 136 valence electrons. The lowest BCUT2D eigenvalue weighted by Gasteiger charge is -2.11.